The van der Waals surface area contributed by atoms with E-state index in [1.54, 1.807) is 11.0 Å². The van der Waals surface area contributed by atoms with E-state index in [9.17, 15) is 4.39 Å². The Hall–Kier alpha value is -2.72. The van der Waals surface area contributed by atoms with Gasteiger partial charge in [-0.15, -0.1) is 0 Å². The molecule has 0 radical (unpaired) electrons. The van der Waals surface area contributed by atoms with Gasteiger partial charge in [0.1, 0.15) is 17.5 Å². The van der Waals surface area contributed by atoms with E-state index in [4.69, 9.17) is 27.9 Å². The standard InChI is InChI=1S/C24H35FN8S/c1-30(15-16-33(23(26)34)20-8-6-7-19(25)17-20)14-9-27-21-18-22(31-10-2-3-11-31)29-24(28-21)32-12-4-5-13-32/h6-8,17-18H,2-5,9-16H2,1H3,(H2,26,34)(H,27,28,29). The molecule has 0 atom stereocenters. The Balaban J connectivity index is 1.32. The van der Waals surface area contributed by atoms with Gasteiger partial charge in [0.05, 0.1) is 0 Å². The van der Waals surface area contributed by atoms with E-state index >= 15 is 0 Å². The number of nitrogens with two attached hydrogens (primary N) is 1. The summed E-state index contributed by atoms with van der Waals surface area (Å²) in [7, 11) is 2.05. The average Bonchev–Trinajstić information content (AvgIpc) is 3.53. The molecule has 3 heterocycles. The van der Waals surface area contributed by atoms with Crippen molar-refractivity contribution in [2.24, 2.45) is 5.73 Å². The van der Waals surface area contributed by atoms with Crippen LogP contribution in [-0.4, -0.2) is 79.4 Å². The molecule has 10 heteroatoms. The van der Waals surface area contributed by atoms with Gasteiger partial charge in [-0.25, -0.2) is 4.39 Å². The fourth-order valence-electron chi connectivity index (χ4n) is 4.45. The summed E-state index contributed by atoms with van der Waals surface area (Å²) < 4.78 is 13.6. The van der Waals surface area contributed by atoms with Crippen molar-refractivity contribution in [2.75, 3.05) is 79.4 Å². The van der Waals surface area contributed by atoms with Gasteiger partial charge < -0.3 is 30.7 Å². The largest absolute Gasteiger partial charge is 0.376 e. The predicted molar refractivity (Wildman–Crippen MR) is 141 cm³/mol. The highest BCUT2D eigenvalue weighted by Crippen LogP contribution is 2.25. The highest BCUT2D eigenvalue weighted by Gasteiger charge is 2.20. The third-order valence-corrected chi connectivity index (χ3v) is 6.63. The number of thiocarbonyl (C=S) groups is 1. The summed E-state index contributed by atoms with van der Waals surface area (Å²) in [5.74, 6) is 2.42. The Bertz CT molecular complexity index is 927. The zero-order chi connectivity index (χ0) is 23.9. The van der Waals surface area contributed by atoms with E-state index in [2.05, 4.69) is 33.1 Å². The molecule has 1 aromatic heterocycles. The van der Waals surface area contributed by atoms with Crippen molar-refractivity contribution in [3.05, 3.63) is 36.1 Å². The first-order valence-corrected chi connectivity index (χ1v) is 12.5. The molecule has 3 N–H and O–H groups in total. The second-order valence-corrected chi connectivity index (χ2v) is 9.42. The minimum absolute atomic E-state index is 0.238. The van der Waals surface area contributed by atoms with Crippen LogP contribution in [0.5, 0.6) is 0 Å². The van der Waals surface area contributed by atoms with Gasteiger partial charge >= 0.3 is 0 Å². The first kappa shape index (κ1) is 24.4. The van der Waals surface area contributed by atoms with Crippen LogP contribution in [0.15, 0.2) is 30.3 Å². The molecule has 184 valence electrons. The molecule has 0 saturated carbocycles. The predicted octanol–water partition coefficient (Wildman–Crippen LogP) is 2.91. The van der Waals surface area contributed by atoms with Crippen molar-refractivity contribution in [3.8, 4) is 0 Å². The molecule has 0 bridgehead atoms. The molecule has 0 spiro atoms. The Morgan fingerprint density at radius 1 is 1.03 bits per heavy atom. The summed E-state index contributed by atoms with van der Waals surface area (Å²) >= 11 is 5.19. The molecule has 2 aliphatic heterocycles. The topological polar surface area (TPSA) is 76.8 Å². The Kier molecular flexibility index (Phi) is 8.34. The van der Waals surface area contributed by atoms with Gasteiger partial charge in [0.2, 0.25) is 5.95 Å². The smallest absolute Gasteiger partial charge is 0.229 e. The molecule has 34 heavy (non-hydrogen) atoms. The van der Waals surface area contributed by atoms with Gasteiger partial charge in [0.25, 0.3) is 0 Å². The minimum Gasteiger partial charge on any atom is -0.376 e. The van der Waals surface area contributed by atoms with Crippen LogP contribution < -0.4 is 25.8 Å². The lowest BCUT2D eigenvalue weighted by Crippen LogP contribution is -2.41. The fourth-order valence-corrected chi connectivity index (χ4v) is 4.64. The first-order valence-electron chi connectivity index (χ1n) is 12.1. The van der Waals surface area contributed by atoms with Crippen molar-refractivity contribution in [1.29, 1.82) is 0 Å². The lowest BCUT2D eigenvalue weighted by atomic mass is 10.3. The number of halogens is 1. The normalized spacial score (nSPS) is 15.9. The number of nitrogens with one attached hydrogen (secondary N) is 1. The number of rotatable bonds is 10. The summed E-state index contributed by atoms with van der Waals surface area (Å²) in [6.07, 6.45) is 4.83. The van der Waals surface area contributed by atoms with Crippen molar-refractivity contribution < 1.29 is 4.39 Å². The Morgan fingerprint density at radius 3 is 2.41 bits per heavy atom. The third kappa shape index (κ3) is 6.44. The molecule has 2 aliphatic rings. The van der Waals surface area contributed by atoms with Gasteiger partial charge in [-0.2, -0.15) is 9.97 Å². The number of likely N-dealkylation sites (N-methyl/N-ethyl adjacent to an activating group) is 1. The zero-order valence-electron chi connectivity index (χ0n) is 19.9. The van der Waals surface area contributed by atoms with E-state index in [1.807, 2.05) is 6.07 Å². The zero-order valence-corrected chi connectivity index (χ0v) is 20.7. The molecule has 0 unspecified atom stereocenters. The monoisotopic (exact) mass is 486 g/mol. The maximum Gasteiger partial charge on any atom is 0.229 e. The van der Waals surface area contributed by atoms with E-state index in [0.717, 1.165) is 63.4 Å². The van der Waals surface area contributed by atoms with Crippen LogP contribution in [0, 0.1) is 5.82 Å². The molecular weight excluding hydrogens is 451 g/mol. The van der Waals surface area contributed by atoms with E-state index in [0.29, 0.717) is 12.2 Å². The van der Waals surface area contributed by atoms with E-state index < -0.39 is 0 Å². The molecule has 0 amide bonds. The third-order valence-electron chi connectivity index (χ3n) is 6.41. The molecule has 2 saturated heterocycles. The van der Waals surface area contributed by atoms with Crippen molar-refractivity contribution in [1.82, 2.24) is 14.9 Å². The van der Waals surface area contributed by atoms with Crippen LogP contribution in [0.3, 0.4) is 0 Å². The highest BCUT2D eigenvalue weighted by molar-refractivity contribution is 7.80. The van der Waals surface area contributed by atoms with Crippen LogP contribution in [0.2, 0.25) is 0 Å². The van der Waals surface area contributed by atoms with Gasteiger partial charge in [-0.3, -0.25) is 0 Å². The Labute approximate surface area is 206 Å². The van der Waals surface area contributed by atoms with Crippen LogP contribution >= 0.6 is 12.2 Å². The summed E-state index contributed by atoms with van der Waals surface area (Å²) in [5.41, 5.74) is 6.57. The van der Waals surface area contributed by atoms with Crippen LogP contribution in [0.1, 0.15) is 25.7 Å². The molecule has 4 rings (SSSR count). The molecular formula is C24H35FN8S. The fraction of sp³-hybridized carbons (Fsp3) is 0.542. The lowest BCUT2D eigenvalue weighted by Gasteiger charge is -2.26. The van der Waals surface area contributed by atoms with Crippen molar-refractivity contribution in [2.45, 2.75) is 25.7 Å². The Morgan fingerprint density at radius 2 is 1.74 bits per heavy atom. The molecule has 0 aliphatic carbocycles. The molecule has 2 fully saturated rings. The van der Waals surface area contributed by atoms with Gasteiger partial charge in [0, 0.05) is 64.1 Å². The molecule has 1 aromatic carbocycles. The number of nitrogens with zero attached hydrogens (tertiary/aromatic N) is 6. The van der Waals surface area contributed by atoms with Gasteiger partial charge in [-0.05, 0) is 63.1 Å². The first-order chi connectivity index (χ1) is 16.5. The van der Waals surface area contributed by atoms with E-state index in [-0.39, 0.29) is 10.9 Å². The lowest BCUT2D eigenvalue weighted by molar-refractivity contribution is 0.357. The number of anilines is 4. The maximum absolute atomic E-state index is 13.6. The second kappa shape index (κ2) is 11.6. The highest BCUT2D eigenvalue weighted by atomic mass is 32.1. The number of aromatic nitrogens is 2. The molecule has 8 nitrogen and oxygen atoms in total. The maximum atomic E-state index is 13.6. The number of benzene rings is 1. The number of hydrogen-bond acceptors (Lipinski definition) is 7. The van der Waals surface area contributed by atoms with Crippen molar-refractivity contribution >= 4 is 40.6 Å². The van der Waals surface area contributed by atoms with Gasteiger partial charge in [-0.1, -0.05) is 6.07 Å². The van der Waals surface area contributed by atoms with Crippen molar-refractivity contribution in [3.63, 3.8) is 0 Å². The summed E-state index contributed by atoms with van der Waals surface area (Å²) in [6, 6.07) is 8.42. The summed E-state index contributed by atoms with van der Waals surface area (Å²) in [4.78, 5) is 18.3. The average molecular weight is 487 g/mol. The van der Waals surface area contributed by atoms with Crippen LogP contribution in [0.25, 0.3) is 0 Å². The van der Waals surface area contributed by atoms with Crippen LogP contribution in [-0.2, 0) is 0 Å². The summed E-state index contributed by atoms with van der Waals surface area (Å²) in [6.45, 7) is 7.05. The quantitative estimate of drug-likeness (QED) is 0.493. The SMILES string of the molecule is CN(CCNc1cc(N2CCCC2)nc(N2CCCC2)n1)CCN(C(N)=S)c1cccc(F)c1. The second-order valence-electron chi connectivity index (χ2n) is 9.00. The minimum atomic E-state index is -0.303. The molecule has 2 aromatic rings. The van der Waals surface area contributed by atoms with Gasteiger partial charge in [0.15, 0.2) is 5.11 Å². The van der Waals surface area contributed by atoms with E-state index in [1.165, 1.54) is 37.8 Å². The summed E-state index contributed by atoms with van der Waals surface area (Å²) in [5, 5.41) is 3.73. The van der Waals surface area contributed by atoms with Crippen LogP contribution in [0.4, 0.5) is 27.7 Å². The number of hydrogen-bond donors (Lipinski definition) is 2.